The van der Waals surface area contributed by atoms with Crippen LogP contribution in [0.5, 0.6) is 0 Å². The number of ether oxygens (including phenoxy) is 1. The van der Waals surface area contributed by atoms with Crippen molar-refractivity contribution >= 4 is 11.9 Å². The van der Waals surface area contributed by atoms with Crippen LogP contribution in [0.4, 0.5) is 0 Å². The van der Waals surface area contributed by atoms with E-state index in [-0.39, 0.29) is 0 Å². The summed E-state index contributed by atoms with van der Waals surface area (Å²) < 4.78 is 5.00. The van der Waals surface area contributed by atoms with Gasteiger partial charge in [0.05, 0.1) is 18.4 Å². The first-order valence-electron chi connectivity index (χ1n) is 6.33. The Morgan fingerprint density at radius 3 is 2.24 bits per heavy atom. The molecule has 0 fully saturated rings. The van der Waals surface area contributed by atoms with Crippen LogP contribution in [0.25, 0.3) is 0 Å². The summed E-state index contributed by atoms with van der Waals surface area (Å²) in [6.45, 7) is 7.92. The lowest BCUT2D eigenvalue weighted by Crippen LogP contribution is -2.30. The lowest BCUT2D eigenvalue weighted by molar-refractivity contribution is -0.157. The van der Waals surface area contributed by atoms with E-state index in [0.717, 1.165) is 12.8 Å². The van der Waals surface area contributed by atoms with Crippen molar-refractivity contribution in [2.45, 2.75) is 47.0 Å². The van der Waals surface area contributed by atoms with Gasteiger partial charge in [-0.1, -0.05) is 34.1 Å². The van der Waals surface area contributed by atoms with Crippen molar-refractivity contribution in [3.63, 3.8) is 0 Å². The average Bonchev–Trinajstić information content (AvgIpc) is 2.31. The van der Waals surface area contributed by atoms with Gasteiger partial charge in [-0.05, 0) is 18.8 Å². The van der Waals surface area contributed by atoms with Crippen LogP contribution in [-0.2, 0) is 14.3 Å². The van der Waals surface area contributed by atoms with Gasteiger partial charge in [-0.3, -0.25) is 9.59 Å². The minimum absolute atomic E-state index is 0.303. The van der Waals surface area contributed by atoms with Crippen LogP contribution in [0.1, 0.15) is 47.0 Å². The third-order valence-corrected chi connectivity index (χ3v) is 3.09. The third kappa shape index (κ3) is 5.71. The molecule has 17 heavy (non-hydrogen) atoms. The van der Waals surface area contributed by atoms with Crippen LogP contribution in [-0.4, -0.2) is 23.7 Å². The Kier molecular flexibility index (Phi) is 7.59. The standard InChI is InChI=1S/C13H24O4/c1-5-7-17-13(16)10(4)11(12(14)15)8-9(3)6-2/h9-11H,5-8H2,1-4H3,(H,14,15). The minimum Gasteiger partial charge on any atom is -0.481 e. The SMILES string of the molecule is CCCOC(=O)C(C)C(CC(C)CC)C(=O)O. The number of carboxylic acid groups (broad SMARTS) is 1. The van der Waals surface area contributed by atoms with Crippen LogP contribution in [0, 0.1) is 17.8 Å². The lowest BCUT2D eigenvalue weighted by Gasteiger charge is -2.21. The van der Waals surface area contributed by atoms with E-state index in [2.05, 4.69) is 0 Å². The molecule has 0 saturated carbocycles. The normalized spacial score (nSPS) is 16.0. The molecule has 0 aromatic carbocycles. The van der Waals surface area contributed by atoms with Gasteiger partial charge in [-0.15, -0.1) is 0 Å². The van der Waals surface area contributed by atoms with E-state index in [1.165, 1.54) is 0 Å². The number of carbonyl (C=O) groups excluding carboxylic acids is 1. The van der Waals surface area contributed by atoms with Gasteiger partial charge in [0.15, 0.2) is 0 Å². The zero-order valence-corrected chi connectivity index (χ0v) is 11.2. The lowest BCUT2D eigenvalue weighted by atomic mass is 9.85. The average molecular weight is 244 g/mol. The predicted molar refractivity (Wildman–Crippen MR) is 65.6 cm³/mol. The topological polar surface area (TPSA) is 63.6 Å². The summed E-state index contributed by atoms with van der Waals surface area (Å²) in [5.74, 6) is -2.23. The van der Waals surface area contributed by atoms with Gasteiger partial charge in [0.2, 0.25) is 0 Å². The minimum atomic E-state index is -0.911. The van der Waals surface area contributed by atoms with Gasteiger partial charge in [-0.25, -0.2) is 0 Å². The Morgan fingerprint density at radius 2 is 1.82 bits per heavy atom. The number of carbonyl (C=O) groups is 2. The fourth-order valence-corrected chi connectivity index (χ4v) is 1.62. The van der Waals surface area contributed by atoms with Crippen LogP contribution < -0.4 is 0 Å². The second-order valence-corrected chi connectivity index (χ2v) is 4.65. The second-order valence-electron chi connectivity index (χ2n) is 4.65. The van der Waals surface area contributed by atoms with Crippen molar-refractivity contribution in [2.24, 2.45) is 17.8 Å². The fourth-order valence-electron chi connectivity index (χ4n) is 1.62. The van der Waals surface area contributed by atoms with E-state index in [0.29, 0.717) is 18.9 Å². The molecule has 4 heteroatoms. The maximum Gasteiger partial charge on any atom is 0.309 e. The number of hydrogen-bond acceptors (Lipinski definition) is 3. The monoisotopic (exact) mass is 244 g/mol. The molecule has 0 spiro atoms. The van der Waals surface area contributed by atoms with Crippen molar-refractivity contribution < 1.29 is 19.4 Å². The molecule has 3 unspecified atom stereocenters. The van der Waals surface area contributed by atoms with Gasteiger partial charge in [0, 0.05) is 0 Å². The number of rotatable bonds is 8. The second kappa shape index (κ2) is 8.09. The van der Waals surface area contributed by atoms with Gasteiger partial charge in [-0.2, -0.15) is 0 Å². The molecular weight excluding hydrogens is 220 g/mol. The van der Waals surface area contributed by atoms with Gasteiger partial charge in [0.1, 0.15) is 0 Å². The predicted octanol–water partition coefficient (Wildman–Crippen LogP) is 2.71. The number of esters is 1. The Bertz CT molecular complexity index is 250. The quantitative estimate of drug-likeness (QED) is 0.667. The Labute approximate surface area is 103 Å². The number of carboxylic acids is 1. The van der Waals surface area contributed by atoms with Crippen molar-refractivity contribution in [3.8, 4) is 0 Å². The Morgan fingerprint density at radius 1 is 1.24 bits per heavy atom. The summed E-state index contributed by atoms with van der Waals surface area (Å²) in [5, 5.41) is 9.15. The largest absolute Gasteiger partial charge is 0.481 e. The van der Waals surface area contributed by atoms with Crippen molar-refractivity contribution in [2.75, 3.05) is 6.61 Å². The molecule has 1 N–H and O–H groups in total. The number of aliphatic carboxylic acids is 1. The van der Waals surface area contributed by atoms with E-state index in [4.69, 9.17) is 9.84 Å². The molecule has 4 nitrogen and oxygen atoms in total. The smallest absolute Gasteiger partial charge is 0.309 e. The highest BCUT2D eigenvalue weighted by atomic mass is 16.5. The first kappa shape index (κ1) is 15.9. The van der Waals surface area contributed by atoms with E-state index in [1.807, 2.05) is 20.8 Å². The van der Waals surface area contributed by atoms with Gasteiger partial charge in [0.25, 0.3) is 0 Å². The van der Waals surface area contributed by atoms with Gasteiger partial charge < -0.3 is 9.84 Å². The first-order valence-corrected chi connectivity index (χ1v) is 6.33. The molecule has 0 saturated heterocycles. The fraction of sp³-hybridized carbons (Fsp3) is 0.846. The van der Waals surface area contributed by atoms with E-state index >= 15 is 0 Å². The summed E-state index contributed by atoms with van der Waals surface area (Å²) in [7, 11) is 0. The zero-order chi connectivity index (χ0) is 13.4. The summed E-state index contributed by atoms with van der Waals surface area (Å²) in [6, 6.07) is 0. The summed E-state index contributed by atoms with van der Waals surface area (Å²) in [6.07, 6.45) is 2.19. The van der Waals surface area contributed by atoms with Crippen molar-refractivity contribution in [1.82, 2.24) is 0 Å². The van der Waals surface area contributed by atoms with E-state index < -0.39 is 23.8 Å². The molecule has 0 aromatic heterocycles. The molecular formula is C13H24O4. The highest BCUT2D eigenvalue weighted by Gasteiger charge is 2.31. The molecule has 0 amide bonds. The molecule has 0 aliphatic carbocycles. The maximum absolute atomic E-state index is 11.6. The molecule has 100 valence electrons. The molecule has 0 bridgehead atoms. The molecule has 0 rings (SSSR count). The zero-order valence-electron chi connectivity index (χ0n) is 11.2. The first-order chi connectivity index (χ1) is 7.93. The molecule has 0 radical (unpaired) electrons. The van der Waals surface area contributed by atoms with Crippen LogP contribution in [0.15, 0.2) is 0 Å². The molecule has 3 atom stereocenters. The molecule has 0 aromatic rings. The summed E-state index contributed by atoms with van der Waals surface area (Å²) in [4.78, 5) is 22.8. The van der Waals surface area contributed by atoms with Crippen LogP contribution in [0.2, 0.25) is 0 Å². The Hall–Kier alpha value is -1.06. The Balaban J connectivity index is 4.48. The highest BCUT2D eigenvalue weighted by Crippen LogP contribution is 2.23. The van der Waals surface area contributed by atoms with Crippen molar-refractivity contribution in [1.29, 1.82) is 0 Å². The maximum atomic E-state index is 11.6. The molecule has 0 aliphatic rings. The molecule has 0 aliphatic heterocycles. The van der Waals surface area contributed by atoms with Crippen LogP contribution >= 0.6 is 0 Å². The number of hydrogen-bond donors (Lipinski definition) is 1. The van der Waals surface area contributed by atoms with E-state index in [9.17, 15) is 9.59 Å². The van der Waals surface area contributed by atoms with E-state index in [1.54, 1.807) is 6.92 Å². The summed E-state index contributed by atoms with van der Waals surface area (Å²) >= 11 is 0. The summed E-state index contributed by atoms with van der Waals surface area (Å²) in [5.41, 5.74) is 0. The van der Waals surface area contributed by atoms with Crippen LogP contribution in [0.3, 0.4) is 0 Å². The van der Waals surface area contributed by atoms with Crippen molar-refractivity contribution in [3.05, 3.63) is 0 Å². The third-order valence-electron chi connectivity index (χ3n) is 3.09. The molecule has 0 heterocycles. The van der Waals surface area contributed by atoms with Gasteiger partial charge >= 0.3 is 11.9 Å². The highest BCUT2D eigenvalue weighted by molar-refractivity contribution is 5.80.